The molecule has 1 aromatic rings. The summed E-state index contributed by atoms with van der Waals surface area (Å²) in [7, 11) is 0. The Morgan fingerprint density at radius 1 is 1.40 bits per heavy atom. The molecule has 1 unspecified atom stereocenters. The molecular formula is C12H14Cl2N2O3S. The van der Waals surface area contributed by atoms with Gasteiger partial charge >= 0.3 is 5.97 Å². The zero-order chi connectivity index (χ0) is 15.1. The molecule has 0 saturated carbocycles. The summed E-state index contributed by atoms with van der Waals surface area (Å²) in [6, 6.07) is 4.06. The normalized spacial score (nSPS) is 11.9. The smallest absolute Gasteiger partial charge is 0.320 e. The number of thioether (sulfide) groups is 1. The van der Waals surface area contributed by atoms with Crippen LogP contribution in [0, 0.1) is 0 Å². The highest BCUT2D eigenvalue weighted by Gasteiger charge is 2.12. The Morgan fingerprint density at radius 2 is 2.10 bits per heavy atom. The van der Waals surface area contributed by atoms with E-state index in [1.807, 2.05) is 0 Å². The quantitative estimate of drug-likeness (QED) is 0.665. The number of carboxylic acids is 1. The minimum Gasteiger partial charge on any atom is -0.480 e. The maximum atomic E-state index is 11.7. The number of anilines is 1. The molecule has 0 fully saturated rings. The number of hydrogen-bond acceptors (Lipinski definition) is 4. The highest BCUT2D eigenvalue weighted by atomic mass is 35.5. The summed E-state index contributed by atoms with van der Waals surface area (Å²) in [5, 5.41) is 11.9. The maximum Gasteiger partial charge on any atom is 0.320 e. The number of nitrogens with one attached hydrogen (secondary N) is 1. The van der Waals surface area contributed by atoms with E-state index in [0.29, 0.717) is 27.9 Å². The minimum atomic E-state index is -1.04. The van der Waals surface area contributed by atoms with Gasteiger partial charge in [-0.3, -0.25) is 9.59 Å². The third-order valence-corrected chi connectivity index (χ3v) is 4.16. The van der Waals surface area contributed by atoms with Crippen molar-refractivity contribution in [3.63, 3.8) is 0 Å². The molecule has 0 saturated heterocycles. The summed E-state index contributed by atoms with van der Waals surface area (Å²) in [5.74, 6) is -0.594. The third-order valence-electron chi connectivity index (χ3n) is 2.35. The largest absolute Gasteiger partial charge is 0.480 e. The van der Waals surface area contributed by atoms with E-state index >= 15 is 0 Å². The van der Waals surface area contributed by atoms with Crippen LogP contribution in [0.5, 0.6) is 0 Å². The van der Waals surface area contributed by atoms with Crippen molar-refractivity contribution in [2.24, 2.45) is 5.73 Å². The molecule has 8 heteroatoms. The van der Waals surface area contributed by atoms with Crippen molar-refractivity contribution in [1.82, 2.24) is 0 Å². The van der Waals surface area contributed by atoms with Crippen molar-refractivity contribution in [3.05, 3.63) is 28.2 Å². The second-order valence-corrected chi connectivity index (χ2v) is 5.83. The first-order valence-electron chi connectivity index (χ1n) is 5.71. The van der Waals surface area contributed by atoms with Crippen LogP contribution in [0.25, 0.3) is 0 Å². The lowest BCUT2D eigenvalue weighted by molar-refractivity contribution is -0.138. The minimum absolute atomic E-state index is 0.190. The van der Waals surface area contributed by atoms with Gasteiger partial charge in [-0.05, 0) is 24.3 Å². The van der Waals surface area contributed by atoms with Crippen molar-refractivity contribution >= 4 is 52.5 Å². The lowest BCUT2D eigenvalue weighted by atomic mass is 10.2. The van der Waals surface area contributed by atoms with Crippen molar-refractivity contribution in [2.45, 2.75) is 12.5 Å². The third kappa shape index (κ3) is 5.58. The van der Waals surface area contributed by atoms with Crippen molar-refractivity contribution in [1.29, 1.82) is 0 Å². The SMILES string of the molecule is NC(CCSCC(=O)Nc1cccc(Cl)c1Cl)C(=O)O. The number of carbonyl (C=O) groups excluding carboxylic acids is 1. The van der Waals surface area contributed by atoms with Gasteiger partial charge in [-0.15, -0.1) is 0 Å². The van der Waals surface area contributed by atoms with E-state index in [1.165, 1.54) is 11.8 Å². The number of benzene rings is 1. The molecule has 4 N–H and O–H groups in total. The number of rotatable bonds is 7. The van der Waals surface area contributed by atoms with Crippen LogP contribution in [0.15, 0.2) is 18.2 Å². The standard InChI is InChI=1S/C12H14Cl2N2O3S/c13-7-2-1-3-9(11(7)14)16-10(17)6-20-5-4-8(15)12(18)19/h1-3,8H,4-6,15H2,(H,16,17)(H,18,19). The van der Waals surface area contributed by atoms with E-state index < -0.39 is 12.0 Å². The summed E-state index contributed by atoms with van der Waals surface area (Å²) >= 11 is 13.1. The summed E-state index contributed by atoms with van der Waals surface area (Å²) in [4.78, 5) is 22.2. The predicted octanol–water partition coefficient (Wildman–Crippen LogP) is 2.47. The van der Waals surface area contributed by atoms with Crippen molar-refractivity contribution < 1.29 is 14.7 Å². The lowest BCUT2D eigenvalue weighted by Gasteiger charge is -2.08. The molecule has 1 atom stereocenters. The van der Waals surface area contributed by atoms with Crippen LogP contribution < -0.4 is 11.1 Å². The van der Waals surface area contributed by atoms with Gasteiger partial charge in [-0.1, -0.05) is 29.3 Å². The maximum absolute atomic E-state index is 11.7. The number of nitrogens with two attached hydrogens (primary N) is 1. The Bertz CT molecular complexity index is 500. The van der Waals surface area contributed by atoms with Crippen molar-refractivity contribution in [2.75, 3.05) is 16.8 Å². The van der Waals surface area contributed by atoms with E-state index in [1.54, 1.807) is 18.2 Å². The van der Waals surface area contributed by atoms with Crippen LogP contribution in [0.2, 0.25) is 10.0 Å². The molecule has 0 heterocycles. The van der Waals surface area contributed by atoms with E-state index in [0.717, 1.165) is 0 Å². The second-order valence-electron chi connectivity index (χ2n) is 3.94. The molecule has 0 radical (unpaired) electrons. The van der Waals surface area contributed by atoms with E-state index in [4.69, 9.17) is 34.0 Å². The van der Waals surface area contributed by atoms with Crippen LogP contribution in [0.4, 0.5) is 5.69 Å². The Hall–Kier alpha value is -0.950. The summed E-state index contributed by atoms with van der Waals surface area (Å²) in [6.45, 7) is 0. The molecule has 110 valence electrons. The van der Waals surface area contributed by atoms with Crippen LogP contribution in [-0.2, 0) is 9.59 Å². The molecule has 0 aliphatic rings. The number of amides is 1. The zero-order valence-corrected chi connectivity index (χ0v) is 12.8. The Balaban J connectivity index is 2.34. The highest BCUT2D eigenvalue weighted by Crippen LogP contribution is 2.29. The van der Waals surface area contributed by atoms with E-state index in [2.05, 4.69) is 5.32 Å². The Morgan fingerprint density at radius 3 is 2.75 bits per heavy atom. The highest BCUT2D eigenvalue weighted by molar-refractivity contribution is 7.99. The van der Waals surface area contributed by atoms with Gasteiger partial charge in [0.05, 0.1) is 21.5 Å². The van der Waals surface area contributed by atoms with Gasteiger partial charge in [0.15, 0.2) is 0 Å². The number of carboxylic acid groups (broad SMARTS) is 1. The van der Waals surface area contributed by atoms with Gasteiger partial charge in [0, 0.05) is 0 Å². The predicted molar refractivity (Wildman–Crippen MR) is 82.6 cm³/mol. The molecule has 0 aliphatic heterocycles. The van der Waals surface area contributed by atoms with E-state index in [9.17, 15) is 9.59 Å². The second kappa shape index (κ2) is 8.36. The zero-order valence-electron chi connectivity index (χ0n) is 10.4. The molecule has 0 spiro atoms. The molecule has 5 nitrogen and oxygen atoms in total. The van der Waals surface area contributed by atoms with Crippen LogP contribution in [0.3, 0.4) is 0 Å². The summed E-state index contributed by atoms with van der Waals surface area (Å²) < 4.78 is 0. The fourth-order valence-corrected chi connectivity index (χ4v) is 2.46. The summed E-state index contributed by atoms with van der Waals surface area (Å²) in [6.07, 6.45) is 0.311. The number of halogens is 2. The average molecular weight is 337 g/mol. The molecule has 0 aromatic heterocycles. The van der Waals surface area contributed by atoms with E-state index in [-0.39, 0.29) is 11.7 Å². The summed E-state index contributed by atoms with van der Waals surface area (Å²) in [5.41, 5.74) is 5.80. The molecule has 1 aromatic carbocycles. The molecule has 1 amide bonds. The van der Waals surface area contributed by atoms with Gasteiger partial charge in [0.2, 0.25) is 5.91 Å². The average Bonchev–Trinajstić information content (AvgIpc) is 2.39. The van der Waals surface area contributed by atoms with Gasteiger partial charge < -0.3 is 16.2 Å². The first-order chi connectivity index (χ1) is 9.41. The number of aliphatic carboxylic acids is 1. The number of carbonyl (C=O) groups is 2. The van der Waals surface area contributed by atoms with Crippen LogP contribution in [-0.4, -0.2) is 34.5 Å². The van der Waals surface area contributed by atoms with Gasteiger partial charge in [0.25, 0.3) is 0 Å². The molecular weight excluding hydrogens is 323 g/mol. The van der Waals surface area contributed by atoms with Crippen LogP contribution in [0.1, 0.15) is 6.42 Å². The number of hydrogen-bond donors (Lipinski definition) is 3. The topological polar surface area (TPSA) is 92.4 Å². The fourth-order valence-electron chi connectivity index (χ4n) is 1.29. The van der Waals surface area contributed by atoms with Crippen LogP contribution >= 0.6 is 35.0 Å². The van der Waals surface area contributed by atoms with Gasteiger partial charge in [-0.2, -0.15) is 11.8 Å². The Kier molecular flexibility index (Phi) is 7.15. The molecule has 0 aliphatic carbocycles. The lowest BCUT2D eigenvalue weighted by Crippen LogP contribution is -2.30. The fraction of sp³-hybridized carbons (Fsp3) is 0.333. The Labute approximate surface area is 130 Å². The van der Waals surface area contributed by atoms with Gasteiger partial charge in [-0.25, -0.2) is 0 Å². The molecule has 1 rings (SSSR count). The van der Waals surface area contributed by atoms with Gasteiger partial charge in [0.1, 0.15) is 6.04 Å². The molecule has 20 heavy (non-hydrogen) atoms. The molecule has 0 bridgehead atoms. The van der Waals surface area contributed by atoms with Crippen molar-refractivity contribution in [3.8, 4) is 0 Å². The monoisotopic (exact) mass is 336 g/mol. The first-order valence-corrected chi connectivity index (χ1v) is 7.63. The first kappa shape index (κ1) is 17.1.